The molecule has 4 aromatic carbocycles. The third-order valence-electron chi connectivity index (χ3n) is 17.1. The fourth-order valence-electron chi connectivity index (χ4n) is 12.5. The average Bonchev–Trinajstić information content (AvgIpc) is 1.61. The van der Waals surface area contributed by atoms with E-state index in [4.69, 9.17) is 23.9 Å². The Hall–Kier alpha value is -8.62. The van der Waals surface area contributed by atoms with Crippen molar-refractivity contribution in [3.05, 3.63) is 119 Å². The van der Waals surface area contributed by atoms with E-state index < -0.39 is 82.6 Å². The van der Waals surface area contributed by atoms with Crippen molar-refractivity contribution < 1.29 is 67.2 Å². The number of rotatable bonds is 29. The second-order valence-corrected chi connectivity index (χ2v) is 27.8. The van der Waals surface area contributed by atoms with Gasteiger partial charge in [0.05, 0.1) is 12.7 Å². The lowest BCUT2D eigenvalue weighted by atomic mass is 9.75. The molecule has 94 heavy (non-hydrogen) atoms. The Morgan fingerprint density at radius 1 is 0.649 bits per heavy atom. The van der Waals surface area contributed by atoms with Gasteiger partial charge in [0.25, 0.3) is 0 Å². The number of amides is 6. The Bertz CT molecular complexity index is 3380. The van der Waals surface area contributed by atoms with E-state index >= 15 is 0 Å². The number of benzene rings is 4. The first-order chi connectivity index (χ1) is 44.6. The lowest BCUT2D eigenvalue weighted by molar-refractivity contribution is -0.158. The smallest absolute Gasteiger partial charge is 0.407 e. The Morgan fingerprint density at radius 2 is 1.24 bits per heavy atom. The highest BCUT2D eigenvalue weighted by molar-refractivity contribution is 6.22. The van der Waals surface area contributed by atoms with E-state index in [1.165, 1.54) is 7.11 Å². The summed E-state index contributed by atoms with van der Waals surface area (Å²) in [6.07, 6.45) is 4.34. The minimum absolute atomic E-state index is 0.0408. The number of ketones is 1. The van der Waals surface area contributed by atoms with Crippen molar-refractivity contribution in [1.29, 1.82) is 0 Å². The highest BCUT2D eigenvalue weighted by Crippen LogP contribution is 2.44. The summed E-state index contributed by atoms with van der Waals surface area (Å²) in [5.41, 5.74) is 3.70. The number of methoxy groups -OCH3 is 1. The number of aliphatic imine (C=N–C) groups is 1. The van der Waals surface area contributed by atoms with Gasteiger partial charge >= 0.3 is 30.0 Å². The quantitative estimate of drug-likeness (QED) is 0.0115. The summed E-state index contributed by atoms with van der Waals surface area (Å²) in [6, 6.07) is 24.9. The summed E-state index contributed by atoms with van der Waals surface area (Å²) in [6.45, 7) is 16.6. The number of carbonyl (C=O) groups is 9. The number of nitrogens with one attached hydrogen (secondary N) is 6. The summed E-state index contributed by atoms with van der Waals surface area (Å²) in [4.78, 5) is 126. The third kappa shape index (κ3) is 22.0. The molecule has 21 nitrogen and oxygen atoms in total. The molecule has 4 atom stereocenters. The molecule has 0 heterocycles. The Morgan fingerprint density at radius 3 is 1.87 bits per heavy atom. The largest absolute Gasteiger partial charge is 0.511 e. The molecule has 3 aliphatic rings. The van der Waals surface area contributed by atoms with Crippen molar-refractivity contribution in [3.63, 3.8) is 0 Å². The molecule has 0 aromatic heterocycles. The van der Waals surface area contributed by atoms with E-state index in [-0.39, 0.29) is 86.0 Å². The molecule has 3 aliphatic carbocycles. The van der Waals surface area contributed by atoms with Gasteiger partial charge in [-0.05, 0) is 169 Å². The maximum absolute atomic E-state index is 14.2. The van der Waals surface area contributed by atoms with Gasteiger partial charge in [0.15, 0.2) is 5.78 Å². The number of ether oxygens (including phenoxy) is 4. The van der Waals surface area contributed by atoms with E-state index in [0.717, 1.165) is 38.6 Å². The molecule has 0 bridgehead atoms. The number of urea groups is 1. The lowest BCUT2D eigenvalue weighted by Crippen LogP contribution is -2.52. The van der Waals surface area contributed by atoms with Crippen molar-refractivity contribution in [2.45, 2.75) is 200 Å². The number of Topliss-reactive ketones (excluding diaryl/α,β-unsaturated/α-hetero) is 1. The molecule has 1 fully saturated rings. The number of hydrogen-bond donors (Lipinski definition) is 7. The molecule has 0 spiro atoms. The average molecular weight is 1300 g/mol. The van der Waals surface area contributed by atoms with Gasteiger partial charge in [0.2, 0.25) is 17.7 Å². The van der Waals surface area contributed by atoms with E-state index in [0.29, 0.717) is 83.0 Å². The maximum Gasteiger partial charge on any atom is 0.407 e. The Kier molecular flexibility index (Phi) is 25.9. The summed E-state index contributed by atoms with van der Waals surface area (Å²) in [7, 11) is 1.18. The van der Waals surface area contributed by atoms with Crippen LogP contribution in [0.1, 0.15) is 175 Å². The normalized spacial score (nSPS) is 17.6. The van der Waals surface area contributed by atoms with Gasteiger partial charge in [-0.25, -0.2) is 19.2 Å². The summed E-state index contributed by atoms with van der Waals surface area (Å²) < 4.78 is 21.6. The molecular formula is C73H97N7O14. The molecule has 6 amide bonds. The number of allylic oxidation sites excluding steroid dienone is 2. The first-order valence-electron chi connectivity index (χ1n) is 33.1. The molecule has 4 aromatic rings. The van der Waals surface area contributed by atoms with E-state index in [1.54, 1.807) is 48.5 Å². The number of carbonyl (C=O) groups excluding carboxylic acids is 9. The molecule has 4 unspecified atom stereocenters. The molecule has 21 heteroatoms. The summed E-state index contributed by atoms with van der Waals surface area (Å²) >= 11 is 0. The number of nitrogens with zero attached hydrogens (tertiary/aromatic N) is 1. The topological polar surface area (TPSA) is 295 Å². The minimum Gasteiger partial charge on any atom is -0.511 e. The predicted octanol–water partition coefficient (Wildman–Crippen LogP) is 10.5. The first-order valence-corrected chi connectivity index (χ1v) is 33.1. The molecule has 7 N–H and O–H groups in total. The SMILES string of the molecule is COC(=O)C(CCCCNC(=O)C(Cc1ccc2ccccc2c1)NC(=O)C1CCC(CNC(=O)C(CCCCNC(=O)OCC2c3ccccc3-c3ccccc32)N=C(C)C2=C(O)CC(C)(C)CC2=O)CC1)NC(=O)NC(CCC(=O)OC(C)(C)C)C(=O)OC(C)(C)C. The van der Waals surface area contributed by atoms with Gasteiger partial charge in [0, 0.05) is 62.9 Å². The number of fused-ring (bicyclic) bond motifs is 4. The van der Waals surface area contributed by atoms with Gasteiger partial charge in [0.1, 0.15) is 47.7 Å². The fraction of sp³-hybridized carbons (Fsp3) is 0.534. The van der Waals surface area contributed by atoms with Crippen LogP contribution in [0.4, 0.5) is 9.59 Å². The number of alkyl carbamates (subject to hydrolysis) is 1. The van der Waals surface area contributed by atoms with Gasteiger partial charge in [-0.1, -0.05) is 105 Å². The van der Waals surface area contributed by atoms with Crippen LogP contribution < -0.4 is 31.9 Å². The van der Waals surface area contributed by atoms with Crippen LogP contribution in [0.2, 0.25) is 0 Å². The first kappa shape index (κ1) is 72.8. The molecule has 0 radical (unpaired) electrons. The van der Waals surface area contributed by atoms with Gasteiger partial charge in [-0.15, -0.1) is 0 Å². The van der Waals surface area contributed by atoms with Crippen LogP contribution in [-0.4, -0.2) is 133 Å². The monoisotopic (exact) mass is 1300 g/mol. The summed E-state index contributed by atoms with van der Waals surface area (Å²) in [5.74, 6) is -3.78. The zero-order valence-electron chi connectivity index (χ0n) is 56.3. The zero-order valence-corrected chi connectivity index (χ0v) is 56.3. The van der Waals surface area contributed by atoms with Crippen LogP contribution in [0.15, 0.2) is 107 Å². The minimum atomic E-state index is -1.24. The second kappa shape index (κ2) is 33.5. The molecule has 0 saturated heterocycles. The number of unbranched alkanes of at least 4 members (excludes halogenated alkanes) is 2. The van der Waals surface area contributed by atoms with Crippen LogP contribution in [0, 0.1) is 17.3 Å². The third-order valence-corrected chi connectivity index (χ3v) is 17.1. The fourth-order valence-corrected chi connectivity index (χ4v) is 12.5. The highest BCUT2D eigenvalue weighted by atomic mass is 16.6. The highest BCUT2D eigenvalue weighted by Gasteiger charge is 2.37. The van der Waals surface area contributed by atoms with E-state index in [2.05, 4.69) is 56.2 Å². The maximum atomic E-state index is 14.2. The van der Waals surface area contributed by atoms with Crippen molar-refractivity contribution in [3.8, 4) is 11.1 Å². The Labute approximate surface area is 552 Å². The molecule has 0 aliphatic heterocycles. The number of aliphatic hydroxyl groups is 1. The van der Waals surface area contributed by atoms with Crippen LogP contribution in [0.25, 0.3) is 21.9 Å². The van der Waals surface area contributed by atoms with Crippen LogP contribution in [-0.2, 0) is 58.9 Å². The molecular weight excluding hydrogens is 1200 g/mol. The zero-order chi connectivity index (χ0) is 68.3. The van der Waals surface area contributed by atoms with Crippen molar-refractivity contribution in [2.75, 3.05) is 33.4 Å². The Balaban J connectivity index is 0.908. The van der Waals surface area contributed by atoms with Crippen LogP contribution in [0.5, 0.6) is 0 Å². The number of aliphatic hydroxyl groups excluding tert-OH is 1. The molecule has 1 saturated carbocycles. The summed E-state index contributed by atoms with van der Waals surface area (Å²) in [5, 5.41) is 30.1. The van der Waals surface area contributed by atoms with Crippen LogP contribution >= 0.6 is 0 Å². The molecule has 7 rings (SSSR count). The standard InChI is InChI=1S/C73H97N7O14/c1-45(63-60(81)41-73(8,9)42-61(63)82)77-56(27-17-20-38-75-70(90)92-44-55-53-25-15-13-23-51(53)52-24-14-16-26-54(52)55)65(85)76-43-46-29-33-49(34-30-46)64(84)78-59(40-47-31-32-48-21-11-12-22-50(48)39-47)66(86)74-37-19-18-28-57(67(87)91-10)79-69(89)80-58(68(88)94-72(5,6)7)35-36-62(83)93-71(2,3)4/h11-16,21-26,31-32,39,46,49,55-59,81H,17-20,27-30,33-38,40-44H2,1-10H3,(H,74,86)(H,75,90)(H,76,85)(H,78,84)(H2,79,80,89). The van der Waals surface area contributed by atoms with Crippen molar-refractivity contribution >= 4 is 70.0 Å². The van der Waals surface area contributed by atoms with Crippen molar-refractivity contribution in [2.24, 2.45) is 22.2 Å². The predicted molar refractivity (Wildman–Crippen MR) is 359 cm³/mol. The lowest BCUT2D eigenvalue weighted by Gasteiger charge is -2.30. The van der Waals surface area contributed by atoms with E-state index in [9.17, 15) is 48.3 Å². The van der Waals surface area contributed by atoms with Gasteiger partial charge in [-0.2, -0.15) is 0 Å². The van der Waals surface area contributed by atoms with E-state index in [1.807, 2.05) is 80.6 Å². The van der Waals surface area contributed by atoms with Gasteiger partial charge < -0.3 is 56.0 Å². The second-order valence-electron chi connectivity index (χ2n) is 27.8. The molecule has 508 valence electrons. The number of hydrogen-bond acceptors (Lipinski definition) is 15. The number of esters is 3. The van der Waals surface area contributed by atoms with Crippen molar-refractivity contribution in [1.82, 2.24) is 31.9 Å². The van der Waals surface area contributed by atoms with Crippen LogP contribution in [0.3, 0.4) is 0 Å². The van der Waals surface area contributed by atoms with Gasteiger partial charge in [-0.3, -0.25) is 29.0 Å².